The van der Waals surface area contributed by atoms with E-state index in [4.69, 9.17) is 0 Å². The Kier molecular flexibility index (Phi) is 2.95. The average Bonchev–Trinajstić information content (AvgIpc) is 2.61. The number of carbonyl (C=O) groups is 1. The number of fused-ring (bicyclic) bond motifs is 1. The quantitative estimate of drug-likeness (QED) is 0.823. The van der Waals surface area contributed by atoms with Gasteiger partial charge in [0.15, 0.2) is 5.78 Å². The van der Waals surface area contributed by atoms with Crippen LogP contribution in [0.25, 0.3) is 5.65 Å². The Morgan fingerprint density at radius 3 is 2.88 bits per heavy atom. The molecule has 0 unspecified atom stereocenters. The summed E-state index contributed by atoms with van der Waals surface area (Å²) in [5, 5.41) is 3.18. The number of imidazole rings is 1. The minimum atomic E-state index is 0.0283. The van der Waals surface area contributed by atoms with E-state index in [-0.39, 0.29) is 5.78 Å². The van der Waals surface area contributed by atoms with Crippen molar-refractivity contribution in [3.63, 3.8) is 0 Å². The van der Waals surface area contributed by atoms with E-state index in [0.717, 1.165) is 22.9 Å². The van der Waals surface area contributed by atoms with E-state index in [0.29, 0.717) is 0 Å². The van der Waals surface area contributed by atoms with E-state index in [1.54, 1.807) is 12.3 Å². The Labute approximate surface area is 100.0 Å². The van der Waals surface area contributed by atoms with Crippen LogP contribution in [0.1, 0.15) is 19.5 Å². The third kappa shape index (κ3) is 2.36. The highest BCUT2D eigenvalue weighted by Crippen LogP contribution is 2.16. The molecule has 2 aromatic heterocycles. The number of carbonyl (C=O) groups excluding carboxylic acids is 1. The molecule has 4 nitrogen and oxygen atoms in total. The second-order valence-electron chi connectivity index (χ2n) is 4.07. The van der Waals surface area contributed by atoms with Gasteiger partial charge in [0.25, 0.3) is 0 Å². The first-order valence-corrected chi connectivity index (χ1v) is 5.47. The molecule has 0 saturated carbocycles. The number of pyridine rings is 1. The molecule has 88 valence electrons. The van der Waals surface area contributed by atoms with Crippen LogP contribution in [0.5, 0.6) is 0 Å². The third-order valence-electron chi connectivity index (χ3n) is 2.47. The molecule has 2 heterocycles. The molecule has 1 N–H and O–H groups in total. The molecule has 0 aliphatic carbocycles. The monoisotopic (exact) mass is 229 g/mol. The van der Waals surface area contributed by atoms with Crippen molar-refractivity contribution in [2.75, 3.05) is 5.32 Å². The van der Waals surface area contributed by atoms with Crippen LogP contribution in [-0.4, -0.2) is 15.2 Å². The summed E-state index contributed by atoms with van der Waals surface area (Å²) in [4.78, 5) is 15.3. The number of aromatic nitrogens is 2. The molecule has 0 aliphatic heterocycles. The predicted octanol–water partition coefficient (Wildman–Crippen LogP) is 2.55. The maximum Gasteiger partial charge on any atom is 0.154 e. The molecule has 0 saturated heterocycles. The van der Waals surface area contributed by atoms with Crippen LogP contribution in [0.2, 0.25) is 0 Å². The van der Waals surface area contributed by atoms with Gasteiger partial charge in [0.2, 0.25) is 0 Å². The molecule has 0 amide bonds. The number of hydrogen-bond acceptors (Lipinski definition) is 3. The van der Waals surface area contributed by atoms with Gasteiger partial charge in [0.1, 0.15) is 11.5 Å². The molecular formula is C13H15N3O. The molecule has 2 aromatic rings. The van der Waals surface area contributed by atoms with Crippen molar-refractivity contribution in [3.05, 3.63) is 41.9 Å². The van der Waals surface area contributed by atoms with Crippen LogP contribution in [0.4, 0.5) is 5.82 Å². The highest BCUT2D eigenvalue weighted by atomic mass is 16.1. The Hall–Kier alpha value is -2.10. The molecule has 0 fully saturated rings. The van der Waals surface area contributed by atoms with E-state index in [9.17, 15) is 4.79 Å². The Morgan fingerprint density at radius 1 is 1.41 bits per heavy atom. The van der Waals surface area contributed by atoms with Gasteiger partial charge in [-0.25, -0.2) is 4.98 Å². The summed E-state index contributed by atoms with van der Waals surface area (Å²) in [6.45, 7) is 5.41. The number of nitrogens with zero attached hydrogens (tertiary/aromatic N) is 2. The Balaban J connectivity index is 2.40. The lowest BCUT2D eigenvalue weighted by Crippen LogP contribution is -2.02. The van der Waals surface area contributed by atoms with Crippen LogP contribution in [0.15, 0.2) is 36.2 Å². The van der Waals surface area contributed by atoms with Crippen molar-refractivity contribution in [3.8, 4) is 0 Å². The lowest BCUT2D eigenvalue weighted by Gasteiger charge is -2.07. The van der Waals surface area contributed by atoms with Crippen molar-refractivity contribution in [2.45, 2.75) is 20.8 Å². The predicted molar refractivity (Wildman–Crippen MR) is 68.0 cm³/mol. The molecule has 0 atom stereocenters. The lowest BCUT2D eigenvalue weighted by molar-refractivity contribution is -0.112. The molecule has 0 bridgehead atoms. The number of nitrogens with one attached hydrogen (secondary N) is 1. The summed E-state index contributed by atoms with van der Waals surface area (Å²) in [5.74, 6) is 0.897. The first kappa shape index (κ1) is 11.4. The molecule has 17 heavy (non-hydrogen) atoms. The Bertz CT molecular complexity index is 596. The summed E-state index contributed by atoms with van der Waals surface area (Å²) >= 11 is 0. The smallest absolute Gasteiger partial charge is 0.154 e. The van der Waals surface area contributed by atoms with Crippen molar-refractivity contribution in [2.24, 2.45) is 0 Å². The van der Waals surface area contributed by atoms with E-state index in [1.807, 2.05) is 36.4 Å². The highest BCUT2D eigenvalue weighted by molar-refractivity contribution is 5.88. The van der Waals surface area contributed by atoms with E-state index in [2.05, 4.69) is 10.3 Å². The number of rotatable bonds is 3. The molecule has 0 aliphatic rings. The van der Waals surface area contributed by atoms with Crippen LogP contribution < -0.4 is 5.32 Å². The van der Waals surface area contributed by atoms with E-state index < -0.39 is 0 Å². The number of anilines is 1. The second-order valence-corrected chi connectivity index (χ2v) is 4.07. The van der Waals surface area contributed by atoms with E-state index >= 15 is 0 Å². The van der Waals surface area contributed by atoms with Gasteiger partial charge in [0.05, 0.1) is 6.20 Å². The zero-order valence-corrected chi connectivity index (χ0v) is 10.2. The van der Waals surface area contributed by atoms with Gasteiger partial charge >= 0.3 is 0 Å². The van der Waals surface area contributed by atoms with Crippen molar-refractivity contribution in [1.29, 1.82) is 0 Å². The fourth-order valence-electron chi connectivity index (χ4n) is 1.83. The molecule has 0 radical (unpaired) electrons. The summed E-state index contributed by atoms with van der Waals surface area (Å²) in [7, 11) is 0. The normalized spacial score (nSPS) is 11.8. The number of aryl methyl sites for hydroxylation is 1. The Morgan fingerprint density at radius 2 is 2.18 bits per heavy atom. The van der Waals surface area contributed by atoms with Gasteiger partial charge in [-0.1, -0.05) is 6.07 Å². The summed E-state index contributed by atoms with van der Waals surface area (Å²) in [5.41, 5.74) is 2.80. The number of hydrogen-bond donors (Lipinski definition) is 1. The summed E-state index contributed by atoms with van der Waals surface area (Å²) in [6, 6.07) is 5.94. The first-order valence-electron chi connectivity index (χ1n) is 5.47. The van der Waals surface area contributed by atoms with Crippen molar-refractivity contribution >= 4 is 17.2 Å². The van der Waals surface area contributed by atoms with Crippen LogP contribution in [-0.2, 0) is 4.79 Å². The van der Waals surface area contributed by atoms with Gasteiger partial charge in [-0.15, -0.1) is 0 Å². The molecule has 4 heteroatoms. The maximum absolute atomic E-state index is 11.0. The second kappa shape index (κ2) is 4.41. The van der Waals surface area contributed by atoms with Gasteiger partial charge in [-0.05, 0) is 39.0 Å². The number of allylic oxidation sites excluding steroid dienone is 2. The summed E-state index contributed by atoms with van der Waals surface area (Å²) in [6.07, 6.45) is 3.33. The number of ketones is 1. The average molecular weight is 229 g/mol. The first-order chi connectivity index (χ1) is 8.08. The zero-order chi connectivity index (χ0) is 12.4. The fourth-order valence-corrected chi connectivity index (χ4v) is 1.83. The minimum Gasteiger partial charge on any atom is -0.344 e. The van der Waals surface area contributed by atoms with Gasteiger partial charge in [-0.3, -0.25) is 9.20 Å². The van der Waals surface area contributed by atoms with Crippen molar-refractivity contribution < 1.29 is 4.79 Å². The highest BCUT2D eigenvalue weighted by Gasteiger charge is 2.04. The molecule has 0 aromatic carbocycles. The maximum atomic E-state index is 11.0. The van der Waals surface area contributed by atoms with Crippen LogP contribution in [0.3, 0.4) is 0 Å². The standard InChI is InChI=1S/C13H15N3O/c1-9(7-11(3)17)15-13-8-14-12-6-4-5-10(2)16(12)13/h4-8,15H,1-3H3/b9-7-. The minimum absolute atomic E-state index is 0.0283. The van der Waals surface area contributed by atoms with Crippen LogP contribution in [0, 0.1) is 6.92 Å². The largest absolute Gasteiger partial charge is 0.344 e. The lowest BCUT2D eigenvalue weighted by atomic mass is 10.3. The van der Waals surface area contributed by atoms with Gasteiger partial charge < -0.3 is 5.32 Å². The van der Waals surface area contributed by atoms with Crippen molar-refractivity contribution in [1.82, 2.24) is 9.38 Å². The third-order valence-corrected chi connectivity index (χ3v) is 2.47. The molecule has 2 rings (SSSR count). The SMILES string of the molecule is CC(=O)/C=C(/C)Nc1cnc2cccc(C)n12. The zero-order valence-electron chi connectivity index (χ0n) is 10.2. The van der Waals surface area contributed by atoms with Gasteiger partial charge in [0, 0.05) is 11.4 Å². The summed E-state index contributed by atoms with van der Waals surface area (Å²) < 4.78 is 2.01. The van der Waals surface area contributed by atoms with E-state index in [1.165, 1.54) is 6.92 Å². The topological polar surface area (TPSA) is 46.4 Å². The van der Waals surface area contributed by atoms with Gasteiger partial charge in [-0.2, -0.15) is 0 Å². The van der Waals surface area contributed by atoms with Crippen LogP contribution >= 0.6 is 0 Å². The molecule has 0 spiro atoms. The molecular weight excluding hydrogens is 214 g/mol. The fraction of sp³-hybridized carbons (Fsp3) is 0.231.